The molecule has 302 valence electrons. The number of esters is 4. The maximum Gasteiger partial charge on any atom is 0.343 e. The first-order valence-corrected chi connectivity index (χ1v) is 20.5. The molecule has 0 N–H and O–H groups in total. The lowest BCUT2D eigenvalue weighted by Gasteiger charge is -2.13. The van der Waals surface area contributed by atoms with Gasteiger partial charge in [-0.3, -0.25) is 0 Å². The third kappa shape index (κ3) is 13.0. The zero-order valence-electron chi connectivity index (χ0n) is 34.0. The molecule has 0 aliphatic heterocycles. The maximum absolute atomic E-state index is 12.9. The van der Waals surface area contributed by atoms with E-state index >= 15 is 0 Å². The van der Waals surface area contributed by atoms with Gasteiger partial charge >= 0.3 is 23.9 Å². The monoisotopic (exact) mass is 782 g/mol. The summed E-state index contributed by atoms with van der Waals surface area (Å²) in [7, 11) is 0. The van der Waals surface area contributed by atoms with E-state index in [0.717, 1.165) is 60.8 Å². The van der Waals surface area contributed by atoms with Gasteiger partial charge in [0.2, 0.25) is 0 Å². The van der Waals surface area contributed by atoms with Gasteiger partial charge in [0.15, 0.2) is 0 Å². The van der Waals surface area contributed by atoms with Gasteiger partial charge in [-0.25, -0.2) is 19.2 Å². The molecule has 0 aliphatic carbocycles. The zero-order chi connectivity index (χ0) is 41.3. The van der Waals surface area contributed by atoms with E-state index in [1.54, 1.807) is 48.5 Å². The van der Waals surface area contributed by atoms with E-state index in [9.17, 15) is 19.2 Å². The van der Waals surface area contributed by atoms with Crippen LogP contribution in [0, 0.1) is 0 Å². The topological polar surface area (TPSA) is 105 Å². The van der Waals surface area contributed by atoms with Crippen LogP contribution in [0.25, 0.3) is 22.3 Å². The molecule has 58 heavy (non-hydrogen) atoms. The highest BCUT2D eigenvalue weighted by Gasteiger charge is 2.16. The number of benzene rings is 5. The van der Waals surface area contributed by atoms with Crippen LogP contribution in [0.4, 0.5) is 0 Å². The second-order valence-corrected chi connectivity index (χ2v) is 14.7. The lowest BCUT2D eigenvalue weighted by atomic mass is 10.0. The molecule has 0 aliphatic rings. The van der Waals surface area contributed by atoms with Crippen LogP contribution in [0.3, 0.4) is 0 Å². The molecule has 5 aromatic carbocycles. The molecule has 5 rings (SSSR count). The summed E-state index contributed by atoms with van der Waals surface area (Å²) in [6, 6.07) is 34.7. The normalized spacial score (nSPS) is 11.9. The molecule has 0 saturated carbocycles. The van der Waals surface area contributed by atoms with Crippen LogP contribution in [-0.2, 0) is 9.47 Å². The second-order valence-electron chi connectivity index (χ2n) is 14.7. The van der Waals surface area contributed by atoms with Crippen LogP contribution in [0.5, 0.6) is 11.5 Å². The smallest absolute Gasteiger partial charge is 0.343 e. The van der Waals surface area contributed by atoms with Gasteiger partial charge in [0.25, 0.3) is 0 Å². The van der Waals surface area contributed by atoms with Gasteiger partial charge in [-0.15, -0.1) is 0 Å². The summed E-state index contributed by atoms with van der Waals surface area (Å²) < 4.78 is 22.4. The van der Waals surface area contributed by atoms with Crippen molar-refractivity contribution in [1.82, 2.24) is 0 Å². The molecule has 8 heteroatoms. The molecule has 0 heterocycles. The molecule has 0 saturated heterocycles. The minimum atomic E-state index is -0.567. The third-order valence-corrected chi connectivity index (χ3v) is 9.94. The summed E-state index contributed by atoms with van der Waals surface area (Å²) in [5.41, 5.74) is 5.16. The molecule has 8 nitrogen and oxygen atoms in total. The fourth-order valence-electron chi connectivity index (χ4n) is 6.44. The van der Waals surface area contributed by atoms with Gasteiger partial charge in [0.05, 0.1) is 34.5 Å². The summed E-state index contributed by atoms with van der Waals surface area (Å²) in [6.07, 6.45) is 10.6. The minimum absolute atomic E-state index is 0.124. The van der Waals surface area contributed by atoms with Crippen LogP contribution in [-0.4, -0.2) is 36.1 Å². The Balaban J connectivity index is 1.07. The number of carbonyl (C=O) groups excluding carboxylic acids is 4. The van der Waals surface area contributed by atoms with Crippen molar-refractivity contribution in [2.75, 3.05) is 0 Å². The number of hydrogen-bond donors (Lipinski definition) is 0. The predicted octanol–water partition coefficient (Wildman–Crippen LogP) is 12.5. The van der Waals surface area contributed by atoms with Crippen LogP contribution in [0.2, 0.25) is 0 Å². The fourth-order valence-corrected chi connectivity index (χ4v) is 6.44. The quantitative estimate of drug-likeness (QED) is 0.0436. The molecule has 5 aromatic rings. The third-order valence-electron chi connectivity index (χ3n) is 9.94. The molecule has 2 atom stereocenters. The Morgan fingerprint density at radius 3 is 0.966 bits per heavy atom. The van der Waals surface area contributed by atoms with Crippen LogP contribution in [0.1, 0.15) is 133 Å². The Hall–Kier alpha value is -6.02. The summed E-state index contributed by atoms with van der Waals surface area (Å²) >= 11 is 0. The van der Waals surface area contributed by atoms with Crippen LogP contribution >= 0.6 is 0 Å². The van der Waals surface area contributed by atoms with Crippen LogP contribution < -0.4 is 9.47 Å². The van der Waals surface area contributed by atoms with Crippen LogP contribution in [0.15, 0.2) is 121 Å². The van der Waals surface area contributed by atoms with Gasteiger partial charge in [0, 0.05) is 0 Å². The second kappa shape index (κ2) is 22.1. The SMILES string of the molecule is CCCCCCC(C)OC(=O)c1ccc(-c2ccc(OC(=O)c3ccc(C(=O)Oc4ccc(-c5ccc(C(=O)OC(C)CCCCCC)cc5)cc4)cc3)cc2)cc1. The molecular formula is C50H54O8. The predicted molar refractivity (Wildman–Crippen MR) is 227 cm³/mol. The molecule has 0 radical (unpaired) electrons. The lowest BCUT2D eigenvalue weighted by Crippen LogP contribution is -2.15. The summed E-state index contributed by atoms with van der Waals surface area (Å²) in [5.74, 6) is -1.06. The van der Waals surface area contributed by atoms with Crippen molar-refractivity contribution in [2.24, 2.45) is 0 Å². The van der Waals surface area contributed by atoms with Gasteiger partial charge in [0.1, 0.15) is 11.5 Å². The molecule has 0 aromatic heterocycles. The lowest BCUT2D eigenvalue weighted by molar-refractivity contribution is 0.0309. The van der Waals surface area contributed by atoms with E-state index in [-0.39, 0.29) is 35.3 Å². The standard InChI is InChI=1S/C50H54O8/c1-5-7-9-11-13-35(3)55-47(51)41-19-15-37(16-20-41)39-27-31-45(32-28-39)57-49(53)43-23-25-44(26-24-43)50(54)58-46-33-29-40(30-34-46)38-17-21-42(22-18-38)48(52)56-36(4)14-12-10-8-6-2/h15-36H,5-14H2,1-4H3. The van der Waals surface area contributed by atoms with Crippen molar-refractivity contribution < 1.29 is 38.1 Å². The van der Waals surface area contributed by atoms with Crippen molar-refractivity contribution in [1.29, 1.82) is 0 Å². The summed E-state index contributed by atoms with van der Waals surface area (Å²) in [5, 5.41) is 0. The van der Waals surface area contributed by atoms with E-state index in [0.29, 0.717) is 22.6 Å². The Kier molecular flexibility index (Phi) is 16.4. The van der Waals surface area contributed by atoms with Gasteiger partial charge in [-0.2, -0.15) is 0 Å². The van der Waals surface area contributed by atoms with E-state index in [4.69, 9.17) is 18.9 Å². The first-order chi connectivity index (χ1) is 28.1. The van der Waals surface area contributed by atoms with Gasteiger partial charge in [-0.1, -0.05) is 101 Å². The van der Waals surface area contributed by atoms with E-state index < -0.39 is 11.9 Å². The first kappa shape index (κ1) is 43.1. The Labute approximate surface area is 342 Å². The Bertz CT molecular complexity index is 1920. The molecule has 0 fully saturated rings. The molecular weight excluding hydrogens is 729 g/mol. The van der Waals surface area contributed by atoms with E-state index in [2.05, 4.69) is 13.8 Å². The average Bonchev–Trinajstić information content (AvgIpc) is 3.24. The van der Waals surface area contributed by atoms with E-state index in [1.807, 2.05) is 62.4 Å². The largest absolute Gasteiger partial charge is 0.459 e. The molecule has 0 spiro atoms. The number of rotatable bonds is 20. The van der Waals surface area contributed by atoms with Crippen molar-refractivity contribution in [3.8, 4) is 33.8 Å². The van der Waals surface area contributed by atoms with Crippen molar-refractivity contribution in [3.63, 3.8) is 0 Å². The first-order valence-electron chi connectivity index (χ1n) is 20.5. The van der Waals surface area contributed by atoms with Gasteiger partial charge in [-0.05, 0) is 135 Å². The summed E-state index contributed by atoms with van der Waals surface area (Å²) in [6.45, 7) is 8.21. The average molecular weight is 783 g/mol. The number of ether oxygens (including phenoxy) is 4. The molecule has 0 bridgehead atoms. The maximum atomic E-state index is 12.9. The van der Waals surface area contributed by atoms with Crippen molar-refractivity contribution >= 4 is 23.9 Å². The number of carbonyl (C=O) groups is 4. The Morgan fingerprint density at radius 1 is 0.379 bits per heavy atom. The zero-order valence-corrected chi connectivity index (χ0v) is 34.0. The summed E-state index contributed by atoms with van der Waals surface area (Å²) in [4.78, 5) is 51.0. The minimum Gasteiger partial charge on any atom is -0.459 e. The highest BCUT2D eigenvalue weighted by molar-refractivity contribution is 5.95. The highest BCUT2D eigenvalue weighted by Crippen LogP contribution is 2.26. The fraction of sp³-hybridized carbons (Fsp3) is 0.320. The van der Waals surface area contributed by atoms with E-state index in [1.165, 1.54) is 49.9 Å². The highest BCUT2D eigenvalue weighted by atomic mass is 16.6. The number of hydrogen-bond acceptors (Lipinski definition) is 8. The Morgan fingerprint density at radius 2 is 0.655 bits per heavy atom. The van der Waals surface area contributed by atoms with Crippen molar-refractivity contribution in [2.45, 2.75) is 104 Å². The molecule has 0 amide bonds. The van der Waals surface area contributed by atoms with Gasteiger partial charge < -0.3 is 18.9 Å². The van der Waals surface area contributed by atoms with Crippen molar-refractivity contribution in [3.05, 3.63) is 144 Å². The molecule has 2 unspecified atom stereocenters. The number of unbranched alkanes of at least 4 members (excludes halogenated alkanes) is 6.